The number of carbonyl (C=O) groups is 4. The topological polar surface area (TPSA) is 98.8 Å². The molecule has 0 radical (unpaired) electrons. The molecule has 2 aromatic rings. The van der Waals surface area contributed by atoms with Crippen LogP contribution >= 0.6 is 0 Å². The summed E-state index contributed by atoms with van der Waals surface area (Å²) < 4.78 is 13.5. The van der Waals surface area contributed by atoms with Crippen LogP contribution in [0.5, 0.6) is 0 Å². The third-order valence-electron chi connectivity index (χ3n) is 7.75. The summed E-state index contributed by atoms with van der Waals surface area (Å²) in [6.07, 6.45) is 3.04. The monoisotopic (exact) mass is 520 g/mol. The molecule has 0 aliphatic carbocycles. The van der Waals surface area contributed by atoms with Gasteiger partial charge in [-0.25, -0.2) is 4.39 Å². The summed E-state index contributed by atoms with van der Waals surface area (Å²) in [5, 5.41) is 5.91. The predicted molar refractivity (Wildman–Crippen MR) is 138 cm³/mol. The van der Waals surface area contributed by atoms with E-state index in [2.05, 4.69) is 10.6 Å². The second-order valence-corrected chi connectivity index (χ2v) is 10.4. The Morgan fingerprint density at radius 3 is 2.08 bits per heavy atom. The predicted octanol–water partition coefficient (Wildman–Crippen LogP) is 1.97. The molecule has 3 aliphatic heterocycles. The van der Waals surface area contributed by atoms with Crippen LogP contribution in [0.25, 0.3) is 0 Å². The molecule has 3 fully saturated rings. The number of hydrogen-bond donors (Lipinski definition) is 2. The van der Waals surface area contributed by atoms with Crippen molar-refractivity contribution in [1.82, 2.24) is 20.4 Å². The van der Waals surface area contributed by atoms with E-state index in [1.165, 1.54) is 12.1 Å². The molecule has 9 heteroatoms. The van der Waals surface area contributed by atoms with Gasteiger partial charge < -0.3 is 20.4 Å². The number of halogens is 1. The van der Waals surface area contributed by atoms with E-state index in [-0.39, 0.29) is 42.3 Å². The van der Waals surface area contributed by atoms with Crippen LogP contribution in [0, 0.1) is 5.82 Å². The van der Waals surface area contributed by atoms with Crippen LogP contribution < -0.4 is 10.6 Å². The van der Waals surface area contributed by atoms with Gasteiger partial charge in [-0.15, -0.1) is 0 Å². The zero-order valence-corrected chi connectivity index (χ0v) is 21.3. The van der Waals surface area contributed by atoms with Crippen LogP contribution in [0.15, 0.2) is 54.6 Å². The van der Waals surface area contributed by atoms with E-state index >= 15 is 0 Å². The molecule has 200 valence electrons. The van der Waals surface area contributed by atoms with Crippen molar-refractivity contribution < 1.29 is 23.6 Å². The SMILES string of the molecule is O=C1C[C@H](Cc2ccccc2)NC(=O)[C@@H]2CCCN2C(=O)[C@@H]2CCCN2C(=O)[C@H](Cc2ccc(F)cc2)N1. The van der Waals surface area contributed by atoms with Crippen molar-refractivity contribution in [2.24, 2.45) is 0 Å². The van der Waals surface area contributed by atoms with Gasteiger partial charge in [-0.05, 0) is 55.4 Å². The zero-order chi connectivity index (χ0) is 26.6. The lowest BCUT2D eigenvalue weighted by atomic mass is 10.0. The van der Waals surface area contributed by atoms with Gasteiger partial charge in [-0.3, -0.25) is 19.2 Å². The fourth-order valence-corrected chi connectivity index (χ4v) is 5.89. The van der Waals surface area contributed by atoms with Gasteiger partial charge in [0.1, 0.15) is 23.9 Å². The Bertz CT molecular complexity index is 1190. The maximum atomic E-state index is 13.8. The average Bonchev–Trinajstić information content (AvgIpc) is 3.59. The molecule has 0 unspecified atom stereocenters. The summed E-state index contributed by atoms with van der Waals surface area (Å²) >= 11 is 0. The Balaban J connectivity index is 1.46. The van der Waals surface area contributed by atoms with Gasteiger partial charge in [0.2, 0.25) is 23.6 Å². The van der Waals surface area contributed by atoms with E-state index < -0.39 is 24.2 Å². The van der Waals surface area contributed by atoms with Gasteiger partial charge >= 0.3 is 0 Å². The van der Waals surface area contributed by atoms with Crippen LogP contribution in [-0.4, -0.2) is 70.7 Å². The Morgan fingerprint density at radius 1 is 0.737 bits per heavy atom. The molecule has 2 N–H and O–H groups in total. The van der Waals surface area contributed by atoms with E-state index in [0.29, 0.717) is 50.8 Å². The lowest BCUT2D eigenvalue weighted by molar-refractivity contribution is -0.147. The number of carbonyl (C=O) groups excluding carboxylic acids is 4. The molecule has 4 amide bonds. The summed E-state index contributed by atoms with van der Waals surface area (Å²) in [7, 11) is 0. The molecule has 5 rings (SSSR count). The highest BCUT2D eigenvalue weighted by molar-refractivity contribution is 5.95. The number of nitrogens with zero attached hydrogens (tertiary/aromatic N) is 2. The standard InChI is InChI=1S/C29H33FN4O4/c30-21-12-10-20(11-13-21)17-23-28(37)34-15-5-9-25(34)29(38)33-14-4-8-24(33)27(36)31-22(18-26(35)32-23)16-19-6-2-1-3-7-19/h1-3,6-7,10-13,22-25H,4-5,8-9,14-18H2,(H,31,36)(H,32,35)/t22-,23-,24-,25-/m0/s1. The second-order valence-electron chi connectivity index (χ2n) is 10.4. The van der Waals surface area contributed by atoms with Crippen molar-refractivity contribution in [3.8, 4) is 0 Å². The Kier molecular flexibility index (Phi) is 7.72. The Labute approximate surface area is 221 Å². The first-order valence-corrected chi connectivity index (χ1v) is 13.4. The van der Waals surface area contributed by atoms with E-state index in [4.69, 9.17) is 0 Å². The number of benzene rings is 2. The van der Waals surface area contributed by atoms with E-state index in [0.717, 1.165) is 5.56 Å². The average molecular weight is 521 g/mol. The highest BCUT2D eigenvalue weighted by Crippen LogP contribution is 2.26. The first-order valence-electron chi connectivity index (χ1n) is 13.4. The molecule has 4 atom stereocenters. The number of hydrogen-bond acceptors (Lipinski definition) is 4. The van der Waals surface area contributed by atoms with Crippen molar-refractivity contribution in [2.45, 2.75) is 69.1 Å². The summed E-state index contributed by atoms with van der Waals surface area (Å²) in [6.45, 7) is 0.876. The van der Waals surface area contributed by atoms with Crippen molar-refractivity contribution in [1.29, 1.82) is 0 Å². The van der Waals surface area contributed by atoms with Crippen LogP contribution in [-0.2, 0) is 32.0 Å². The minimum atomic E-state index is -0.912. The molecular formula is C29H33FN4O4. The minimum absolute atomic E-state index is 0.0159. The van der Waals surface area contributed by atoms with Crippen LogP contribution in [0.2, 0.25) is 0 Å². The lowest BCUT2D eigenvalue weighted by Crippen LogP contribution is -2.56. The number of amides is 4. The van der Waals surface area contributed by atoms with E-state index in [1.807, 2.05) is 30.3 Å². The third-order valence-corrected chi connectivity index (χ3v) is 7.75. The van der Waals surface area contributed by atoms with Gasteiger partial charge in [0, 0.05) is 32.0 Å². The highest BCUT2D eigenvalue weighted by Gasteiger charge is 2.44. The summed E-state index contributed by atoms with van der Waals surface area (Å²) in [5.41, 5.74) is 1.67. The normalized spacial score (nSPS) is 26.6. The first kappa shape index (κ1) is 25.9. The quantitative estimate of drug-likeness (QED) is 0.644. The number of nitrogens with one attached hydrogen (secondary N) is 2. The van der Waals surface area contributed by atoms with Crippen molar-refractivity contribution >= 4 is 23.6 Å². The number of rotatable bonds is 4. The van der Waals surface area contributed by atoms with Gasteiger partial charge in [-0.2, -0.15) is 0 Å². The van der Waals surface area contributed by atoms with E-state index in [9.17, 15) is 23.6 Å². The molecule has 38 heavy (non-hydrogen) atoms. The molecule has 0 saturated carbocycles. The maximum absolute atomic E-state index is 13.8. The van der Waals surface area contributed by atoms with Crippen molar-refractivity contribution in [3.63, 3.8) is 0 Å². The molecule has 0 spiro atoms. The highest BCUT2D eigenvalue weighted by atomic mass is 19.1. The first-order chi connectivity index (χ1) is 18.4. The second kappa shape index (κ2) is 11.3. The summed E-state index contributed by atoms with van der Waals surface area (Å²) in [6, 6.07) is 12.7. The molecular weight excluding hydrogens is 487 g/mol. The van der Waals surface area contributed by atoms with Gasteiger partial charge in [0.25, 0.3) is 0 Å². The smallest absolute Gasteiger partial charge is 0.246 e. The molecule has 0 bridgehead atoms. The summed E-state index contributed by atoms with van der Waals surface area (Å²) in [5.74, 6) is -1.55. The molecule has 2 aromatic carbocycles. The minimum Gasteiger partial charge on any atom is -0.351 e. The zero-order valence-electron chi connectivity index (χ0n) is 21.3. The van der Waals surface area contributed by atoms with Crippen LogP contribution in [0.3, 0.4) is 0 Å². The molecule has 3 saturated heterocycles. The molecule has 3 aliphatic rings. The molecule has 0 aromatic heterocycles. The fourth-order valence-electron chi connectivity index (χ4n) is 5.89. The Morgan fingerprint density at radius 2 is 1.37 bits per heavy atom. The van der Waals surface area contributed by atoms with Gasteiger partial charge in [-0.1, -0.05) is 42.5 Å². The fraction of sp³-hybridized carbons (Fsp3) is 0.448. The van der Waals surface area contributed by atoms with E-state index in [1.54, 1.807) is 21.9 Å². The van der Waals surface area contributed by atoms with Crippen molar-refractivity contribution in [2.75, 3.05) is 13.1 Å². The maximum Gasteiger partial charge on any atom is 0.246 e. The number of fused-ring (bicyclic) bond motifs is 2. The van der Waals surface area contributed by atoms with Crippen molar-refractivity contribution in [3.05, 3.63) is 71.5 Å². The van der Waals surface area contributed by atoms with Gasteiger partial charge in [0.15, 0.2) is 0 Å². The van der Waals surface area contributed by atoms with Gasteiger partial charge in [0.05, 0.1) is 0 Å². The summed E-state index contributed by atoms with van der Waals surface area (Å²) in [4.78, 5) is 57.3. The molecule has 3 heterocycles. The molecule has 8 nitrogen and oxygen atoms in total. The lowest BCUT2D eigenvalue weighted by Gasteiger charge is -2.32. The van der Waals surface area contributed by atoms with Crippen LogP contribution in [0.1, 0.15) is 43.2 Å². The van der Waals surface area contributed by atoms with Crippen LogP contribution in [0.4, 0.5) is 4.39 Å². The third kappa shape index (κ3) is 5.71. The Hall–Kier alpha value is -3.75. The largest absolute Gasteiger partial charge is 0.351 e.